The van der Waals surface area contributed by atoms with Gasteiger partial charge in [-0.1, -0.05) is 36.4 Å². The second-order valence-corrected chi connectivity index (χ2v) is 8.75. The van der Waals surface area contributed by atoms with Gasteiger partial charge in [-0.15, -0.1) is 11.8 Å². The molecule has 4 rings (SSSR count). The molecule has 166 valence electrons. The number of aryl methyl sites for hydroxylation is 3. The Balaban J connectivity index is 1.72. The van der Waals surface area contributed by atoms with Gasteiger partial charge >= 0.3 is 0 Å². The van der Waals surface area contributed by atoms with Crippen molar-refractivity contribution in [1.29, 1.82) is 0 Å². The third-order valence-corrected chi connectivity index (χ3v) is 6.24. The quantitative estimate of drug-likeness (QED) is 0.298. The number of hydrogen-bond donors (Lipinski definition) is 1. The highest BCUT2D eigenvalue weighted by Crippen LogP contribution is 2.28. The molecule has 0 saturated carbocycles. The number of carbonyl (C=O) groups is 1. The van der Waals surface area contributed by atoms with Crippen molar-refractivity contribution in [2.45, 2.75) is 13.8 Å². The molecular formula is C27H25N3O2S. The Bertz CT molecular complexity index is 1440. The van der Waals surface area contributed by atoms with Gasteiger partial charge in [0.15, 0.2) is 5.78 Å². The molecule has 0 saturated heterocycles. The van der Waals surface area contributed by atoms with E-state index in [9.17, 15) is 9.59 Å². The molecule has 33 heavy (non-hydrogen) atoms. The van der Waals surface area contributed by atoms with Gasteiger partial charge in [-0.25, -0.2) is 0 Å². The van der Waals surface area contributed by atoms with Gasteiger partial charge in [0, 0.05) is 47.2 Å². The molecule has 6 heteroatoms. The van der Waals surface area contributed by atoms with Crippen molar-refractivity contribution >= 4 is 34.1 Å². The predicted octanol–water partition coefficient (Wildman–Crippen LogP) is 5.72. The number of anilines is 1. The minimum Gasteiger partial charge on any atom is -0.350 e. The van der Waals surface area contributed by atoms with E-state index in [1.165, 1.54) is 11.8 Å². The number of rotatable bonds is 6. The van der Waals surface area contributed by atoms with Crippen LogP contribution in [-0.4, -0.2) is 21.6 Å². The third-order valence-electron chi connectivity index (χ3n) is 5.58. The predicted molar refractivity (Wildman–Crippen MR) is 138 cm³/mol. The summed E-state index contributed by atoms with van der Waals surface area (Å²) in [5, 5.41) is 4.96. The second-order valence-electron chi connectivity index (χ2n) is 7.90. The van der Waals surface area contributed by atoms with E-state index in [-0.39, 0.29) is 11.3 Å². The zero-order valence-corrected chi connectivity index (χ0v) is 19.9. The first kappa shape index (κ1) is 22.6. The fourth-order valence-electron chi connectivity index (χ4n) is 3.74. The highest BCUT2D eigenvalue weighted by molar-refractivity contribution is 8.02. The van der Waals surface area contributed by atoms with Crippen molar-refractivity contribution in [3.8, 4) is 11.1 Å². The van der Waals surface area contributed by atoms with Gasteiger partial charge in [0.1, 0.15) is 0 Å². The van der Waals surface area contributed by atoms with E-state index < -0.39 is 0 Å². The van der Waals surface area contributed by atoms with Crippen LogP contribution < -0.4 is 10.9 Å². The minimum absolute atomic E-state index is 0.0618. The monoisotopic (exact) mass is 455 g/mol. The lowest BCUT2D eigenvalue weighted by Gasteiger charge is -2.14. The van der Waals surface area contributed by atoms with Crippen LogP contribution in [0, 0.1) is 13.8 Å². The Morgan fingerprint density at radius 3 is 2.52 bits per heavy atom. The number of carbonyl (C=O) groups excluding carboxylic acids is 1. The molecule has 0 aliphatic rings. The molecule has 0 radical (unpaired) electrons. The molecule has 0 bridgehead atoms. The summed E-state index contributed by atoms with van der Waals surface area (Å²) in [6.07, 6.45) is 5.32. The smallest absolute Gasteiger partial charge is 0.258 e. The Labute approximate surface area is 197 Å². The first-order chi connectivity index (χ1) is 15.9. The van der Waals surface area contributed by atoms with Crippen molar-refractivity contribution < 1.29 is 4.79 Å². The van der Waals surface area contributed by atoms with E-state index >= 15 is 0 Å². The van der Waals surface area contributed by atoms with Crippen LogP contribution in [0.25, 0.3) is 22.0 Å². The molecule has 0 unspecified atom stereocenters. The molecule has 2 aromatic heterocycles. The Kier molecular flexibility index (Phi) is 6.47. The van der Waals surface area contributed by atoms with Gasteiger partial charge in [0.2, 0.25) is 0 Å². The number of nitrogens with one attached hydrogen (secondary N) is 1. The number of benzene rings is 2. The Morgan fingerprint density at radius 2 is 1.79 bits per heavy atom. The van der Waals surface area contributed by atoms with Crippen LogP contribution in [0.2, 0.25) is 0 Å². The van der Waals surface area contributed by atoms with E-state index in [1.54, 1.807) is 36.0 Å². The summed E-state index contributed by atoms with van der Waals surface area (Å²) in [4.78, 5) is 30.2. The number of hydrogen-bond acceptors (Lipinski definition) is 5. The van der Waals surface area contributed by atoms with Crippen LogP contribution in [0.15, 0.2) is 82.8 Å². The summed E-state index contributed by atoms with van der Waals surface area (Å²) in [5.41, 5.74) is 5.56. The number of pyridine rings is 2. The van der Waals surface area contributed by atoms with Crippen LogP contribution in [0.4, 0.5) is 5.69 Å². The standard InChI is InChI=1S/C27H25N3O2S/c1-17-10-11-21(29-26(33-4)15-25(31)19-8-6-5-7-9-19)14-22(17)23-13-20-16-28-18(2)12-24(20)30(3)27(23)32/h5-16,29H,1-4H3/b26-15-. The Hall–Kier alpha value is -3.64. The number of aromatic nitrogens is 2. The van der Waals surface area contributed by atoms with Gasteiger partial charge < -0.3 is 9.88 Å². The lowest BCUT2D eigenvalue weighted by molar-refractivity contribution is 0.104. The molecule has 1 N–H and O–H groups in total. The van der Waals surface area contributed by atoms with Crippen molar-refractivity contribution in [2.75, 3.05) is 11.6 Å². The Morgan fingerprint density at radius 1 is 1.03 bits per heavy atom. The normalized spacial score (nSPS) is 11.6. The fraction of sp³-hybridized carbons (Fsp3) is 0.148. The van der Waals surface area contributed by atoms with Gasteiger partial charge in [-0.05, 0) is 55.5 Å². The van der Waals surface area contributed by atoms with Gasteiger partial charge in [-0.2, -0.15) is 0 Å². The number of allylic oxidation sites excluding steroid dienone is 1. The first-order valence-electron chi connectivity index (χ1n) is 10.6. The molecule has 4 aromatic rings. The molecule has 2 heterocycles. The minimum atomic E-state index is -0.0639. The maximum atomic E-state index is 13.2. The summed E-state index contributed by atoms with van der Waals surface area (Å²) in [7, 11) is 1.79. The summed E-state index contributed by atoms with van der Waals surface area (Å²) in [5.74, 6) is -0.0639. The van der Waals surface area contributed by atoms with Crippen LogP contribution in [-0.2, 0) is 7.05 Å². The number of thioether (sulfide) groups is 1. The topological polar surface area (TPSA) is 64.0 Å². The second kappa shape index (κ2) is 9.46. The average Bonchev–Trinajstić information content (AvgIpc) is 2.83. The number of ketones is 1. The van der Waals surface area contributed by atoms with Gasteiger partial charge in [0.05, 0.1) is 10.5 Å². The van der Waals surface area contributed by atoms with Crippen molar-refractivity contribution in [1.82, 2.24) is 9.55 Å². The van der Waals surface area contributed by atoms with Gasteiger partial charge in [0.25, 0.3) is 5.56 Å². The van der Waals surface area contributed by atoms with E-state index in [1.807, 2.05) is 68.6 Å². The largest absolute Gasteiger partial charge is 0.350 e. The highest BCUT2D eigenvalue weighted by Gasteiger charge is 2.13. The van der Waals surface area contributed by atoms with E-state index in [0.717, 1.165) is 38.4 Å². The maximum Gasteiger partial charge on any atom is 0.258 e. The molecular weight excluding hydrogens is 430 g/mol. The third kappa shape index (κ3) is 4.76. The first-order valence-corrected chi connectivity index (χ1v) is 11.8. The van der Waals surface area contributed by atoms with Crippen LogP contribution >= 0.6 is 11.8 Å². The number of nitrogens with zero attached hydrogens (tertiary/aromatic N) is 2. The summed E-state index contributed by atoms with van der Waals surface area (Å²) in [6.45, 7) is 3.90. The lowest BCUT2D eigenvalue weighted by Crippen LogP contribution is -2.19. The van der Waals surface area contributed by atoms with E-state index in [2.05, 4.69) is 10.3 Å². The SMILES string of the molecule is CS/C(=C\C(=O)c1ccccc1)Nc1ccc(C)c(-c2cc3cnc(C)cc3n(C)c2=O)c1. The molecule has 0 aliphatic carbocycles. The number of fused-ring (bicyclic) bond motifs is 1. The molecule has 0 spiro atoms. The summed E-state index contributed by atoms with van der Waals surface area (Å²) >= 11 is 1.46. The van der Waals surface area contributed by atoms with Crippen LogP contribution in [0.5, 0.6) is 0 Å². The zero-order chi connectivity index (χ0) is 23.5. The molecule has 0 atom stereocenters. The average molecular weight is 456 g/mol. The molecule has 0 fully saturated rings. The molecule has 2 aromatic carbocycles. The molecule has 5 nitrogen and oxygen atoms in total. The van der Waals surface area contributed by atoms with Crippen LogP contribution in [0.1, 0.15) is 21.6 Å². The molecule has 0 amide bonds. The van der Waals surface area contributed by atoms with Crippen LogP contribution in [0.3, 0.4) is 0 Å². The maximum absolute atomic E-state index is 13.2. The van der Waals surface area contributed by atoms with Crippen molar-refractivity contribution in [2.24, 2.45) is 7.05 Å². The van der Waals surface area contributed by atoms with Gasteiger partial charge in [-0.3, -0.25) is 14.6 Å². The lowest BCUT2D eigenvalue weighted by atomic mass is 9.99. The van der Waals surface area contributed by atoms with Crippen molar-refractivity contribution in [3.05, 3.63) is 105 Å². The van der Waals surface area contributed by atoms with Crippen molar-refractivity contribution in [3.63, 3.8) is 0 Å². The fourth-order valence-corrected chi connectivity index (χ4v) is 4.19. The molecule has 0 aliphatic heterocycles. The van der Waals surface area contributed by atoms with E-state index in [4.69, 9.17) is 0 Å². The zero-order valence-electron chi connectivity index (χ0n) is 19.0. The van der Waals surface area contributed by atoms with E-state index in [0.29, 0.717) is 11.1 Å². The summed E-state index contributed by atoms with van der Waals surface area (Å²) in [6, 6.07) is 18.9. The highest BCUT2D eigenvalue weighted by atomic mass is 32.2. The summed E-state index contributed by atoms with van der Waals surface area (Å²) < 4.78 is 1.67.